The summed E-state index contributed by atoms with van der Waals surface area (Å²) in [4.78, 5) is 4.06. The average molecular weight is 277 g/mol. The molecule has 5 heteroatoms. The Bertz CT molecular complexity index is 326. The van der Waals surface area contributed by atoms with Gasteiger partial charge in [-0.05, 0) is 35.0 Å². The van der Waals surface area contributed by atoms with Crippen LogP contribution in [0.4, 0.5) is 5.69 Å². The minimum Gasteiger partial charge on any atom is -0.380 e. The van der Waals surface area contributed by atoms with Crippen molar-refractivity contribution in [1.82, 2.24) is 10.3 Å². The van der Waals surface area contributed by atoms with Crippen LogP contribution in [0.15, 0.2) is 16.7 Å². The fourth-order valence-corrected chi connectivity index (χ4v) is 1.97. The highest BCUT2D eigenvalue weighted by molar-refractivity contribution is 9.10. The van der Waals surface area contributed by atoms with E-state index in [0.29, 0.717) is 11.2 Å². The summed E-state index contributed by atoms with van der Waals surface area (Å²) in [6, 6.07) is 2.46. The number of halogens is 2. The molecule has 2 heterocycles. The number of aromatic nitrogens is 1. The van der Waals surface area contributed by atoms with Crippen molar-refractivity contribution in [3.8, 4) is 0 Å². The van der Waals surface area contributed by atoms with Crippen LogP contribution in [0.25, 0.3) is 0 Å². The Labute approximate surface area is 96.4 Å². The van der Waals surface area contributed by atoms with Crippen molar-refractivity contribution in [3.63, 3.8) is 0 Å². The predicted molar refractivity (Wildman–Crippen MR) is 61.8 cm³/mol. The van der Waals surface area contributed by atoms with Gasteiger partial charge in [-0.15, -0.1) is 0 Å². The van der Waals surface area contributed by atoms with E-state index in [1.54, 1.807) is 6.20 Å². The number of anilines is 1. The lowest BCUT2D eigenvalue weighted by Gasteiger charge is -2.12. The van der Waals surface area contributed by atoms with Crippen LogP contribution < -0.4 is 10.6 Å². The summed E-state index contributed by atoms with van der Waals surface area (Å²) in [6.45, 7) is 2.10. The molecule has 0 amide bonds. The van der Waals surface area contributed by atoms with Gasteiger partial charge in [-0.25, -0.2) is 4.98 Å². The predicted octanol–water partition coefficient (Wildman–Crippen LogP) is 2.27. The van der Waals surface area contributed by atoms with Crippen LogP contribution in [-0.4, -0.2) is 24.1 Å². The van der Waals surface area contributed by atoms with Gasteiger partial charge < -0.3 is 10.6 Å². The molecule has 0 aliphatic carbocycles. The molecule has 0 radical (unpaired) electrons. The molecule has 1 aliphatic rings. The molecule has 1 aromatic rings. The van der Waals surface area contributed by atoms with Gasteiger partial charge in [-0.3, -0.25) is 0 Å². The molecule has 1 aliphatic heterocycles. The Hall–Kier alpha value is -0.320. The van der Waals surface area contributed by atoms with Crippen LogP contribution in [0.5, 0.6) is 0 Å². The van der Waals surface area contributed by atoms with Crippen molar-refractivity contribution in [2.75, 3.05) is 18.4 Å². The summed E-state index contributed by atoms with van der Waals surface area (Å²) in [6.07, 6.45) is 2.91. The third-order valence-electron chi connectivity index (χ3n) is 2.23. The molecule has 1 aromatic heterocycles. The molecule has 0 bridgehead atoms. The van der Waals surface area contributed by atoms with Crippen molar-refractivity contribution >= 4 is 33.2 Å². The lowest BCUT2D eigenvalue weighted by Crippen LogP contribution is -2.22. The van der Waals surface area contributed by atoms with E-state index in [9.17, 15) is 0 Å². The minimum absolute atomic E-state index is 0.500. The zero-order chi connectivity index (χ0) is 9.97. The first kappa shape index (κ1) is 10.2. The number of pyridine rings is 1. The molecule has 14 heavy (non-hydrogen) atoms. The lowest BCUT2D eigenvalue weighted by molar-refractivity contribution is 0.792. The normalized spacial score (nSPS) is 21.1. The van der Waals surface area contributed by atoms with E-state index in [4.69, 9.17) is 11.6 Å². The SMILES string of the molecule is Clc1ncc(NC2CCNC2)cc1Br. The Morgan fingerprint density at radius 1 is 1.64 bits per heavy atom. The number of rotatable bonds is 2. The summed E-state index contributed by atoms with van der Waals surface area (Å²) in [5, 5.41) is 7.19. The van der Waals surface area contributed by atoms with E-state index in [2.05, 4.69) is 31.5 Å². The molecule has 1 saturated heterocycles. The third kappa shape index (κ3) is 2.38. The molecule has 1 fully saturated rings. The van der Waals surface area contributed by atoms with Gasteiger partial charge in [-0.2, -0.15) is 0 Å². The van der Waals surface area contributed by atoms with Crippen LogP contribution in [-0.2, 0) is 0 Å². The van der Waals surface area contributed by atoms with E-state index in [1.165, 1.54) is 0 Å². The Morgan fingerprint density at radius 2 is 2.50 bits per heavy atom. The van der Waals surface area contributed by atoms with Crippen molar-refractivity contribution in [3.05, 3.63) is 21.9 Å². The smallest absolute Gasteiger partial charge is 0.143 e. The van der Waals surface area contributed by atoms with Crippen molar-refractivity contribution in [2.45, 2.75) is 12.5 Å². The molecule has 2 rings (SSSR count). The first-order valence-electron chi connectivity index (χ1n) is 4.54. The molecule has 1 atom stereocenters. The first-order valence-corrected chi connectivity index (χ1v) is 5.71. The van der Waals surface area contributed by atoms with Crippen molar-refractivity contribution in [1.29, 1.82) is 0 Å². The second-order valence-electron chi connectivity index (χ2n) is 3.33. The molecule has 2 N–H and O–H groups in total. The molecular formula is C9H11BrClN3. The maximum atomic E-state index is 5.80. The summed E-state index contributed by atoms with van der Waals surface area (Å²) in [5.41, 5.74) is 1.01. The molecule has 0 saturated carbocycles. The van der Waals surface area contributed by atoms with E-state index < -0.39 is 0 Å². The van der Waals surface area contributed by atoms with Crippen LogP contribution in [0, 0.1) is 0 Å². The van der Waals surface area contributed by atoms with E-state index >= 15 is 0 Å². The quantitative estimate of drug-likeness (QED) is 0.814. The topological polar surface area (TPSA) is 37.0 Å². The highest BCUT2D eigenvalue weighted by Gasteiger charge is 2.14. The largest absolute Gasteiger partial charge is 0.380 e. The Balaban J connectivity index is 2.05. The summed E-state index contributed by atoms with van der Waals surface area (Å²) < 4.78 is 0.829. The van der Waals surface area contributed by atoms with Crippen LogP contribution in [0.2, 0.25) is 5.15 Å². The van der Waals surface area contributed by atoms with Crippen molar-refractivity contribution in [2.24, 2.45) is 0 Å². The highest BCUT2D eigenvalue weighted by Crippen LogP contribution is 2.23. The molecule has 76 valence electrons. The van der Waals surface area contributed by atoms with Gasteiger partial charge in [0.05, 0.1) is 16.4 Å². The average Bonchev–Trinajstić information content (AvgIpc) is 2.64. The van der Waals surface area contributed by atoms with Crippen LogP contribution >= 0.6 is 27.5 Å². The third-order valence-corrected chi connectivity index (χ3v) is 3.36. The maximum Gasteiger partial charge on any atom is 0.143 e. The number of hydrogen-bond donors (Lipinski definition) is 2. The lowest BCUT2D eigenvalue weighted by atomic mass is 10.2. The summed E-state index contributed by atoms with van der Waals surface area (Å²) >= 11 is 9.14. The molecule has 0 spiro atoms. The van der Waals surface area contributed by atoms with Gasteiger partial charge in [0.2, 0.25) is 0 Å². The Morgan fingerprint density at radius 3 is 3.14 bits per heavy atom. The highest BCUT2D eigenvalue weighted by atomic mass is 79.9. The second-order valence-corrected chi connectivity index (χ2v) is 4.54. The molecular weight excluding hydrogens is 265 g/mol. The maximum absolute atomic E-state index is 5.80. The zero-order valence-electron chi connectivity index (χ0n) is 7.56. The zero-order valence-corrected chi connectivity index (χ0v) is 9.90. The van der Waals surface area contributed by atoms with E-state index in [0.717, 1.165) is 29.7 Å². The van der Waals surface area contributed by atoms with Crippen molar-refractivity contribution < 1.29 is 0 Å². The standard InChI is InChI=1S/C9H11BrClN3/c10-8-3-7(5-13-9(8)11)14-6-1-2-12-4-6/h3,5-6,12,14H,1-2,4H2. The van der Waals surface area contributed by atoms with Crippen LogP contribution in [0.1, 0.15) is 6.42 Å². The van der Waals surface area contributed by atoms with Gasteiger partial charge in [-0.1, -0.05) is 11.6 Å². The number of hydrogen-bond acceptors (Lipinski definition) is 3. The molecule has 0 aromatic carbocycles. The Kier molecular flexibility index (Phi) is 3.26. The van der Waals surface area contributed by atoms with Gasteiger partial charge in [0.1, 0.15) is 5.15 Å². The summed E-state index contributed by atoms with van der Waals surface area (Å²) in [5.74, 6) is 0. The van der Waals surface area contributed by atoms with Gasteiger partial charge in [0, 0.05) is 12.6 Å². The van der Waals surface area contributed by atoms with Gasteiger partial charge in [0.25, 0.3) is 0 Å². The second kappa shape index (κ2) is 4.47. The molecule has 1 unspecified atom stereocenters. The molecule has 3 nitrogen and oxygen atoms in total. The van der Waals surface area contributed by atoms with Gasteiger partial charge in [0.15, 0.2) is 0 Å². The fourth-order valence-electron chi connectivity index (χ4n) is 1.51. The fraction of sp³-hybridized carbons (Fsp3) is 0.444. The number of nitrogens with zero attached hydrogens (tertiary/aromatic N) is 1. The summed E-state index contributed by atoms with van der Waals surface area (Å²) in [7, 11) is 0. The number of nitrogens with one attached hydrogen (secondary N) is 2. The van der Waals surface area contributed by atoms with Crippen LogP contribution in [0.3, 0.4) is 0 Å². The van der Waals surface area contributed by atoms with E-state index in [-0.39, 0.29) is 0 Å². The van der Waals surface area contributed by atoms with E-state index in [1.807, 2.05) is 6.07 Å². The first-order chi connectivity index (χ1) is 6.75. The monoisotopic (exact) mass is 275 g/mol. The van der Waals surface area contributed by atoms with Gasteiger partial charge >= 0.3 is 0 Å². The minimum atomic E-state index is 0.500.